The van der Waals surface area contributed by atoms with Crippen molar-refractivity contribution in [1.29, 1.82) is 0 Å². The Balaban J connectivity index is 2.44. The molecule has 0 saturated heterocycles. The first kappa shape index (κ1) is 10.6. The van der Waals surface area contributed by atoms with Gasteiger partial charge in [0.15, 0.2) is 0 Å². The standard InChI is InChI=1S/C12H7ClNO2/c13-11-6-4-9(5-7-11)10-2-1-3-12(8-10)14(15)16/h1-7H. The molecule has 2 rings (SSSR count). The Bertz CT molecular complexity index is 523. The minimum absolute atomic E-state index is 0.0348. The highest BCUT2D eigenvalue weighted by Crippen LogP contribution is 2.24. The highest BCUT2D eigenvalue weighted by atomic mass is 35.5. The zero-order valence-corrected chi connectivity index (χ0v) is 8.94. The van der Waals surface area contributed by atoms with E-state index < -0.39 is 4.92 Å². The predicted octanol–water partition coefficient (Wildman–Crippen LogP) is 3.72. The Morgan fingerprint density at radius 1 is 1.12 bits per heavy atom. The third kappa shape index (κ3) is 2.20. The van der Waals surface area contributed by atoms with Crippen molar-refractivity contribution in [3.63, 3.8) is 0 Å². The van der Waals surface area contributed by atoms with Gasteiger partial charge in [-0.25, -0.2) is 0 Å². The zero-order chi connectivity index (χ0) is 11.5. The predicted molar refractivity (Wildman–Crippen MR) is 62.4 cm³/mol. The number of non-ortho nitro benzene ring substituents is 1. The number of nitro groups is 1. The number of halogens is 1. The van der Waals surface area contributed by atoms with Crippen molar-refractivity contribution >= 4 is 17.3 Å². The molecule has 79 valence electrons. The van der Waals surface area contributed by atoms with Crippen LogP contribution in [-0.2, 0) is 0 Å². The van der Waals surface area contributed by atoms with Crippen molar-refractivity contribution in [1.82, 2.24) is 0 Å². The molecule has 3 nitrogen and oxygen atoms in total. The van der Waals surface area contributed by atoms with Gasteiger partial charge in [0, 0.05) is 11.1 Å². The van der Waals surface area contributed by atoms with Gasteiger partial charge in [-0.15, -0.1) is 0 Å². The lowest BCUT2D eigenvalue weighted by atomic mass is 10.1. The van der Waals surface area contributed by atoms with Crippen LogP contribution >= 0.6 is 11.6 Å². The second-order valence-electron chi connectivity index (χ2n) is 3.21. The van der Waals surface area contributed by atoms with Gasteiger partial charge >= 0.3 is 0 Å². The molecule has 0 saturated carbocycles. The number of benzene rings is 2. The highest BCUT2D eigenvalue weighted by molar-refractivity contribution is 6.30. The summed E-state index contributed by atoms with van der Waals surface area (Å²) < 4.78 is 0. The molecule has 16 heavy (non-hydrogen) atoms. The van der Waals surface area contributed by atoms with E-state index in [0.29, 0.717) is 10.6 Å². The van der Waals surface area contributed by atoms with Gasteiger partial charge in [0.05, 0.1) is 11.0 Å². The smallest absolute Gasteiger partial charge is 0.258 e. The molecule has 0 unspecified atom stereocenters. The number of rotatable bonds is 2. The molecule has 0 amide bonds. The Morgan fingerprint density at radius 2 is 1.81 bits per heavy atom. The van der Waals surface area contributed by atoms with Crippen LogP contribution in [0.2, 0.25) is 5.02 Å². The molecule has 0 N–H and O–H groups in total. The molecule has 0 aromatic heterocycles. The summed E-state index contributed by atoms with van der Waals surface area (Å²) in [7, 11) is 0. The quantitative estimate of drug-likeness (QED) is 0.585. The molecule has 0 aliphatic rings. The van der Waals surface area contributed by atoms with E-state index in [1.165, 1.54) is 6.07 Å². The summed E-state index contributed by atoms with van der Waals surface area (Å²) in [5.74, 6) is 0. The lowest BCUT2D eigenvalue weighted by Gasteiger charge is -2.00. The van der Waals surface area contributed by atoms with Crippen LogP contribution in [0.1, 0.15) is 0 Å². The molecule has 0 aliphatic carbocycles. The minimum Gasteiger partial charge on any atom is -0.258 e. The van der Waals surface area contributed by atoms with Gasteiger partial charge in [-0.05, 0) is 23.3 Å². The molecule has 2 aromatic carbocycles. The molecular formula is C12H7ClNO2. The zero-order valence-electron chi connectivity index (χ0n) is 8.18. The van der Waals surface area contributed by atoms with Crippen LogP contribution in [0.4, 0.5) is 5.69 Å². The molecule has 2 aromatic rings. The van der Waals surface area contributed by atoms with Gasteiger partial charge in [0.25, 0.3) is 5.69 Å². The Hall–Kier alpha value is -1.87. The fourth-order valence-corrected chi connectivity index (χ4v) is 1.49. The number of nitro benzene ring substituents is 1. The molecule has 0 aliphatic heterocycles. The van der Waals surface area contributed by atoms with Gasteiger partial charge in [-0.3, -0.25) is 10.1 Å². The van der Waals surface area contributed by atoms with Gasteiger partial charge < -0.3 is 0 Å². The molecular weight excluding hydrogens is 226 g/mol. The van der Waals surface area contributed by atoms with E-state index >= 15 is 0 Å². The Morgan fingerprint density at radius 3 is 2.44 bits per heavy atom. The number of hydrogen-bond acceptors (Lipinski definition) is 2. The van der Waals surface area contributed by atoms with E-state index in [1.54, 1.807) is 36.4 Å². The van der Waals surface area contributed by atoms with E-state index in [1.807, 2.05) is 0 Å². The summed E-state index contributed by atoms with van der Waals surface area (Å²) in [6.07, 6.45) is 0. The lowest BCUT2D eigenvalue weighted by molar-refractivity contribution is -0.385. The van der Waals surface area contributed by atoms with Crippen LogP contribution in [0, 0.1) is 16.2 Å². The van der Waals surface area contributed by atoms with E-state index in [0.717, 1.165) is 5.56 Å². The van der Waals surface area contributed by atoms with Crippen LogP contribution in [0.15, 0.2) is 42.5 Å². The summed E-state index contributed by atoms with van der Waals surface area (Å²) in [6, 6.07) is 14.7. The topological polar surface area (TPSA) is 43.1 Å². The molecule has 0 heterocycles. The van der Waals surface area contributed by atoms with Gasteiger partial charge in [0.2, 0.25) is 0 Å². The first-order valence-electron chi connectivity index (χ1n) is 4.59. The van der Waals surface area contributed by atoms with Crippen molar-refractivity contribution < 1.29 is 4.92 Å². The molecule has 1 radical (unpaired) electrons. The number of hydrogen-bond donors (Lipinski definition) is 0. The largest absolute Gasteiger partial charge is 0.278 e. The highest BCUT2D eigenvalue weighted by Gasteiger charge is 2.07. The van der Waals surface area contributed by atoms with Crippen LogP contribution in [0.3, 0.4) is 0 Å². The maximum atomic E-state index is 10.6. The normalized spacial score (nSPS) is 10.1. The van der Waals surface area contributed by atoms with E-state index in [-0.39, 0.29) is 5.69 Å². The van der Waals surface area contributed by atoms with Crippen LogP contribution in [0.5, 0.6) is 0 Å². The van der Waals surface area contributed by atoms with Crippen molar-refractivity contribution in [3.05, 3.63) is 63.7 Å². The molecule has 4 heteroatoms. The third-order valence-corrected chi connectivity index (χ3v) is 2.38. The van der Waals surface area contributed by atoms with Crippen molar-refractivity contribution in [3.8, 4) is 11.1 Å². The summed E-state index contributed by atoms with van der Waals surface area (Å²) in [5, 5.41) is 11.2. The van der Waals surface area contributed by atoms with Crippen molar-refractivity contribution in [2.24, 2.45) is 0 Å². The van der Waals surface area contributed by atoms with Crippen molar-refractivity contribution in [2.45, 2.75) is 0 Å². The summed E-state index contributed by atoms with van der Waals surface area (Å²) in [4.78, 5) is 10.1. The van der Waals surface area contributed by atoms with E-state index in [9.17, 15) is 10.1 Å². The van der Waals surface area contributed by atoms with Gasteiger partial charge in [-0.2, -0.15) is 0 Å². The summed E-state index contributed by atoms with van der Waals surface area (Å²) >= 11 is 5.76. The maximum Gasteiger partial charge on any atom is 0.278 e. The Kier molecular flexibility index (Phi) is 2.88. The fourth-order valence-electron chi connectivity index (χ4n) is 1.36. The third-order valence-electron chi connectivity index (χ3n) is 2.13. The second-order valence-corrected chi connectivity index (χ2v) is 3.65. The maximum absolute atomic E-state index is 10.6. The fraction of sp³-hybridized carbons (Fsp3) is 0. The minimum atomic E-state index is -0.459. The number of nitrogens with zero attached hydrogens (tertiary/aromatic N) is 1. The van der Waals surface area contributed by atoms with Gasteiger partial charge in [0.1, 0.15) is 0 Å². The first-order chi connectivity index (χ1) is 7.66. The molecule has 0 bridgehead atoms. The average molecular weight is 233 g/mol. The van der Waals surface area contributed by atoms with Crippen LogP contribution in [-0.4, -0.2) is 4.92 Å². The lowest BCUT2D eigenvalue weighted by Crippen LogP contribution is -1.88. The molecule has 0 spiro atoms. The second kappa shape index (κ2) is 4.33. The van der Waals surface area contributed by atoms with Crippen LogP contribution in [0.25, 0.3) is 11.1 Å². The van der Waals surface area contributed by atoms with Crippen LogP contribution < -0.4 is 0 Å². The average Bonchev–Trinajstić information content (AvgIpc) is 2.30. The molecule has 0 fully saturated rings. The van der Waals surface area contributed by atoms with Crippen molar-refractivity contribution in [2.75, 3.05) is 0 Å². The SMILES string of the molecule is O=[N+]([O-])c1[c]c(-c2ccc(Cl)cc2)ccc1. The monoisotopic (exact) mass is 232 g/mol. The summed E-state index contributed by atoms with van der Waals surface area (Å²) in [6.45, 7) is 0. The Labute approximate surface area is 97.4 Å². The first-order valence-corrected chi connectivity index (χ1v) is 4.97. The van der Waals surface area contributed by atoms with E-state index in [2.05, 4.69) is 6.07 Å². The summed E-state index contributed by atoms with van der Waals surface area (Å²) in [5.41, 5.74) is 1.51. The molecule has 0 atom stereocenters. The van der Waals surface area contributed by atoms with Gasteiger partial charge in [-0.1, -0.05) is 35.9 Å². The van der Waals surface area contributed by atoms with E-state index in [4.69, 9.17) is 11.6 Å².